The zero-order valence-corrected chi connectivity index (χ0v) is 12.0. The average molecular weight is 320 g/mol. The Balaban J connectivity index is 1.74. The predicted octanol–water partition coefficient (Wildman–Crippen LogP) is 2.08. The van der Waals surface area contributed by atoms with Crippen LogP contribution in [0.4, 0.5) is 14.5 Å². The number of nitrogens with one attached hydrogen (secondary N) is 3. The van der Waals surface area contributed by atoms with Crippen molar-refractivity contribution in [2.24, 2.45) is 5.92 Å². The lowest BCUT2D eigenvalue weighted by molar-refractivity contribution is 0.0947. The molecule has 0 atom stereocenters. The van der Waals surface area contributed by atoms with E-state index in [0.717, 1.165) is 31.0 Å². The largest absolute Gasteiger partial charge is 0.350 e. The molecule has 2 amide bonds. The first-order valence-corrected chi connectivity index (χ1v) is 7.13. The van der Waals surface area contributed by atoms with Crippen molar-refractivity contribution in [2.75, 3.05) is 11.9 Å². The van der Waals surface area contributed by atoms with E-state index in [0.29, 0.717) is 12.5 Å². The molecule has 0 bridgehead atoms. The van der Waals surface area contributed by atoms with Gasteiger partial charge in [0.2, 0.25) is 0 Å². The summed E-state index contributed by atoms with van der Waals surface area (Å²) in [5, 5.41) is 11.2. The normalized spacial score (nSPS) is 13.7. The molecule has 120 valence electrons. The summed E-state index contributed by atoms with van der Waals surface area (Å²) in [7, 11) is 0. The van der Waals surface area contributed by atoms with Crippen molar-refractivity contribution in [3.05, 3.63) is 47.3 Å². The number of nitrogens with zero attached hydrogens (tertiary/aromatic N) is 1. The Kier molecular flexibility index (Phi) is 4.05. The standard InChI is InChI=1S/C15H14F2N4O2/c16-9-2-1-3-10(17)12(9)14(22)20-11-7-19-21-13(11)15(23)18-6-8-4-5-8/h1-3,7-8H,4-6H2,(H,18,23)(H,19,21)(H,20,22). The highest BCUT2D eigenvalue weighted by Crippen LogP contribution is 2.27. The molecular formula is C15H14F2N4O2. The number of aromatic amines is 1. The molecule has 0 aliphatic heterocycles. The predicted molar refractivity (Wildman–Crippen MR) is 78.0 cm³/mol. The van der Waals surface area contributed by atoms with Crippen LogP contribution in [0.15, 0.2) is 24.4 Å². The molecular weight excluding hydrogens is 306 g/mol. The van der Waals surface area contributed by atoms with Crippen molar-refractivity contribution in [3.8, 4) is 0 Å². The maximum absolute atomic E-state index is 13.6. The molecule has 3 rings (SSSR count). The second kappa shape index (κ2) is 6.15. The summed E-state index contributed by atoms with van der Waals surface area (Å²) in [6, 6.07) is 3.13. The number of rotatable bonds is 5. The van der Waals surface area contributed by atoms with Gasteiger partial charge < -0.3 is 10.6 Å². The van der Waals surface area contributed by atoms with E-state index in [-0.39, 0.29) is 11.4 Å². The first-order valence-electron chi connectivity index (χ1n) is 7.13. The number of benzene rings is 1. The molecule has 3 N–H and O–H groups in total. The number of anilines is 1. The van der Waals surface area contributed by atoms with Crippen LogP contribution in [0.3, 0.4) is 0 Å². The number of halogens is 2. The van der Waals surface area contributed by atoms with Crippen molar-refractivity contribution in [3.63, 3.8) is 0 Å². The molecule has 1 heterocycles. The van der Waals surface area contributed by atoms with Crippen LogP contribution in [0.1, 0.15) is 33.7 Å². The van der Waals surface area contributed by atoms with Crippen LogP contribution in [0.2, 0.25) is 0 Å². The first-order chi connectivity index (χ1) is 11.1. The van der Waals surface area contributed by atoms with Crippen LogP contribution in [0, 0.1) is 17.6 Å². The Morgan fingerprint density at radius 2 is 1.91 bits per heavy atom. The van der Waals surface area contributed by atoms with Gasteiger partial charge in [-0.25, -0.2) is 8.78 Å². The molecule has 1 aromatic heterocycles. The van der Waals surface area contributed by atoms with Gasteiger partial charge >= 0.3 is 0 Å². The number of carbonyl (C=O) groups excluding carboxylic acids is 2. The van der Waals surface area contributed by atoms with E-state index >= 15 is 0 Å². The fourth-order valence-corrected chi connectivity index (χ4v) is 2.10. The topological polar surface area (TPSA) is 86.9 Å². The summed E-state index contributed by atoms with van der Waals surface area (Å²) in [6.07, 6.45) is 3.38. The Morgan fingerprint density at radius 1 is 1.22 bits per heavy atom. The summed E-state index contributed by atoms with van der Waals surface area (Å²) in [6.45, 7) is 0.549. The molecule has 0 saturated heterocycles. The number of hydrogen-bond donors (Lipinski definition) is 3. The van der Waals surface area contributed by atoms with E-state index in [2.05, 4.69) is 20.8 Å². The molecule has 23 heavy (non-hydrogen) atoms. The molecule has 1 aliphatic carbocycles. The highest BCUT2D eigenvalue weighted by Gasteiger charge is 2.24. The molecule has 2 aromatic rings. The van der Waals surface area contributed by atoms with Gasteiger partial charge in [-0.3, -0.25) is 14.7 Å². The number of H-pyrrole nitrogens is 1. The van der Waals surface area contributed by atoms with Crippen molar-refractivity contribution in [2.45, 2.75) is 12.8 Å². The first kappa shape index (κ1) is 15.1. The maximum atomic E-state index is 13.6. The second-order valence-electron chi connectivity index (χ2n) is 5.36. The van der Waals surface area contributed by atoms with Crippen molar-refractivity contribution in [1.82, 2.24) is 15.5 Å². The maximum Gasteiger partial charge on any atom is 0.271 e. The highest BCUT2D eigenvalue weighted by atomic mass is 19.1. The summed E-state index contributed by atoms with van der Waals surface area (Å²) in [5.41, 5.74) is -0.611. The number of hydrogen-bond acceptors (Lipinski definition) is 3. The summed E-state index contributed by atoms with van der Waals surface area (Å²) in [5.74, 6) is -2.89. The van der Waals surface area contributed by atoms with Crippen molar-refractivity contribution < 1.29 is 18.4 Å². The van der Waals surface area contributed by atoms with Crippen LogP contribution in [0.5, 0.6) is 0 Å². The van der Waals surface area contributed by atoms with Gasteiger partial charge in [0, 0.05) is 6.54 Å². The Labute approximate surface area is 130 Å². The van der Waals surface area contributed by atoms with E-state index < -0.39 is 29.0 Å². The van der Waals surface area contributed by atoms with Gasteiger partial charge in [0.25, 0.3) is 11.8 Å². The van der Waals surface area contributed by atoms with Gasteiger partial charge in [0.1, 0.15) is 22.9 Å². The minimum absolute atomic E-state index is 0.0377. The van der Waals surface area contributed by atoms with E-state index in [1.54, 1.807) is 0 Å². The average Bonchev–Trinajstić information content (AvgIpc) is 3.23. The minimum atomic E-state index is -0.988. The quantitative estimate of drug-likeness (QED) is 0.788. The third kappa shape index (κ3) is 3.36. The van der Waals surface area contributed by atoms with Gasteiger partial charge in [0.15, 0.2) is 0 Å². The third-order valence-corrected chi connectivity index (χ3v) is 3.55. The summed E-state index contributed by atoms with van der Waals surface area (Å²) < 4.78 is 27.2. The van der Waals surface area contributed by atoms with E-state index in [4.69, 9.17) is 0 Å². The minimum Gasteiger partial charge on any atom is -0.350 e. The Morgan fingerprint density at radius 3 is 2.57 bits per heavy atom. The molecule has 0 radical (unpaired) electrons. The summed E-state index contributed by atoms with van der Waals surface area (Å²) >= 11 is 0. The number of amides is 2. The Bertz CT molecular complexity index is 735. The van der Waals surface area contributed by atoms with Crippen LogP contribution in [-0.2, 0) is 0 Å². The molecule has 1 aliphatic rings. The van der Waals surface area contributed by atoms with Gasteiger partial charge in [-0.1, -0.05) is 6.07 Å². The number of aromatic nitrogens is 2. The van der Waals surface area contributed by atoms with Gasteiger partial charge in [0.05, 0.1) is 11.9 Å². The second-order valence-corrected chi connectivity index (χ2v) is 5.36. The van der Waals surface area contributed by atoms with Gasteiger partial charge in [-0.05, 0) is 30.9 Å². The summed E-state index contributed by atoms with van der Waals surface area (Å²) in [4.78, 5) is 24.1. The van der Waals surface area contributed by atoms with Crippen LogP contribution in [0.25, 0.3) is 0 Å². The SMILES string of the molecule is O=C(NCC1CC1)c1[nH]ncc1NC(=O)c1c(F)cccc1F. The smallest absolute Gasteiger partial charge is 0.271 e. The fraction of sp³-hybridized carbons (Fsp3) is 0.267. The van der Waals surface area contributed by atoms with E-state index in [1.807, 2.05) is 0 Å². The zero-order valence-electron chi connectivity index (χ0n) is 12.0. The molecule has 1 saturated carbocycles. The van der Waals surface area contributed by atoms with Crippen molar-refractivity contribution >= 4 is 17.5 Å². The highest BCUT2D eigenvalue weighted by molar-refractivity contribution is 6.08. The van der Waals surface area contributed by atoms with Gasteiger partial charge in [-0.2, -0.15) is 5.10 Å². The lowest BCUT2D eigenvalue weighted by Gasteiger charge is -2.08. The van der Waals surface area contributed by atoms with E-state index in [9.17, 15) is 18.4 Å². The van der Waals surface area contributed by atoms with Gasteiger partial charge in [-0.15, -0.1) is 0 Å². The van der Waals surface area contributed by atoms with Crippen LogP contribution >= 0.6 is 0 Å². The Hall–Kier alpha value is -2.77. The van der Waals surface area contributed by atoms with Crippen molar-refractivity contribution in [1.29, 1.82) is 0 Å². The third-order valence-electron chi connectivity index (χ3n) is 3.55. The zero-order chi connectivity index (χ0) is 16.4. The lowest BCUT2D eigenvalue weighted by Crippen LogP contribution is -2.27. The number of carbonyl (C=O) groups is 2. The monoisotopic (exact) mass is 320 g/mol. The molecule has 1 fully saturated rings. The lowest BCUT2D eigenvalue weighted by atomic mass is 10.2. The van der Waals surface area contributed by atoms with Crippen LogP contribution < -0.4 is 10.6 Å². The fourth-order valence-electron chi connectivity index (χ4n) is 2.10. The molecule has 0 unspecified atom stereocenters. The molecule has 1 aromatic carbocycles. The molecule has 8 heteroatoms. The van der Waals surface area contributed by atoms with Crippen LogP contribution in [-0.4, -0.2) is 28.6 Å². The molecule has 0 spiro atoms. The molecule has 6 nitrogen and oxygen atoms in total. The van der Waals surface area contributed by atoms with E-state index in [1.165, 1.54) is 6.20 Å².